The van der Waals surface area contributed by atoms with Gasteiger partial charge in [-0.05, 0) is 37.6 Å². The van der Waals surface area contributed by atoms with Crippen LogP contribution < -0.4 is 5.73 Å². The lowest BCUT2D eigenvalue weighted by atomic mass is 10.1. The normalized spacial score (nSPS) is 10.4. The Morgan fingerprint density at radius 3 is 2.62 bits per heavy atom. The number of aryl methyl sites for hydroxylation is 1. The minimum absolute atomic E-state index is 0.00471. The highest BCUT2D eigenvalue weighted by Gasteiger charge is 2.18. The quantitative estimate of drug-likeness (QED) is 0.848. The van der Waals surface area contributed by atoms with Gasteiger partial charge in [-0.2, -0.15) is 0 Å². The third-order valence-electron chi connectivity index (χ3n) is 3.47. The largest absolute Gasteiger partial charge is 0.507 e. The number of rotatable bonds is 4. The van der Waals surface area contributed by atoms with Gasteiger partial charge in [0.2, 0.25) is 0 Å². The number of hydrogen-bond acceptors (Lipinski definition) is 3. The lowest BCUT2D eigenvalue weighted by Gasteiger charge is -2.22. The number of phenols is 1. The van der Waals surface area contributed by atoms with E-state index < -0.39 is 0 Å². The standard InChI is InChI=1S/C17H20N2O2/c1-3-19(11-13-6-4-5-7-15(13)18)17(21)14-10-12(2)8-9-16(14)20/h4-10,20H,3,11,18H2,1-2H3. The number of nitrogens with zero attached hydrogens (tertiary/aromatic N) is 1. The predicted octanol–water partition coefficient (Wildman–Crippen LogP) is 2.95. The van der Waals surface area contributed by atoms with Gasteiger partial charge < -0.3 is 15.7 Å². The summed E-state index contributed by atoms with van der Waals surface area (Å²) in [5.74, 6) is -0.188. The van der Waals surface area contributed by atoms with Crippen LogP contribution in [-0.4, -0.2) is 22.5 Å². The molecule has 0 radical (unpaired) electrons. The minimum atomic E-state index is -0.193. The van der Waals surface area contributed by atoms with E-state index in [4.69, 9.17) is 5.73 Å². The molecule has 0 aliphatic rings. The highest BCUT2D eigenvalue weighted by molar-refractivity contribution is 5.97. The Bertz CT molecular complexity index is 653. The fraction of sp³-hybridized carbons (Fsp3) is 0.235. The molecule has 0 aliphatic carbocycles. The first-order valence-electron chi connectivity index (χ1n) is 6.95. The molecular weight excluding hydrogens is 264 g/mol. The summed E-state index contributed by atoms with van der Waals surface area (Å²) in [5, 5.41) is 9.90. The molecule has 0 atom stereocenters. The monoisotopic (exact) mass is 284 g/mol. The molecule has 0 fully saturated rings. The van der Waals surface area contributed by atoms with E-state index in [1.54, 1.807) is 23.1 Å². The zero-order valence-corrected chi connectivity index (χ0v) is 12.3. The van der Waals surface area contributed by atoms with Gasteiger partial charge in [0.15, 0.2) is 0 Å². The molecule has 0 aromatic heterocycles. The van der Waals surface area contributed by atoms with Gasteiger partial charge in [-0.25, -0.2) is 0 Å². The Morgan fingerprint density at radius 2 is 1.95 bits per heavy atom. The number of phenolic OH excluding ortho intramolecular Hbond substituents is 1. The molecule has 0 heterocycles. The number of hydrogen-bond donors (Lipinski definition) is 2. The number of amides is 1. The van der Waals surface area contributed by atoms with E-state index >= 15 is 0 Å². The zero-order valence-electron chi connectivity index (χ0n) is 12.3. The van der Waals surface area contributed by atoms with Gasteiger partial charge in [0.1, 0.15) is 5.75 Å². The maximum atomic E-state index is 12.6. The lowest BCUT2D eigenvalue weighted by molar-refractivity contribution is 0.0750. The number of nitrogen functional groups attached to an aromatic ring is 1. The van der Waals surface area contributed by atoms with Crippen molar-refractivity contribution in [2.24, 2.45) is 0 Å². The van der Waals surface area contributed by atoms with E-state index in [1.165, 1.54) is 0 Å². The molecule has 0 spiro atoms. The maximum Gasteiger partial charge on any atom is 0.257 e. The van der Waals surface area contributed by atoms with Crippen molar-refractivity contribution in [2.75, 3.05) is 12.3 Å². The third kappa shape index (κ3) is 3.34. The van der Waals surface area contributed by atoms with E-state index in [-0.39, 0.29) is 11.7 Å². The molecule has 0 bridgehead atoms. The van der Waals surface area contributed by atoms with Gasteiger partial charge in [-0.3, -0.25) is 4.79 Å². The Balaban J connectivity index is 2.27. The SMILES string of the molecule is CCN(Cc1ccccc1N)C(=O)c1cc(C)ccc1O. The van der Waals surface area contributed by atoms with Crippen LogP contribution in [0.1, 0.15) is 28.4 Å². The van der Waals surface area contributed by atoms with Gasteiger partial charge in [0.25, 0.3) is 5.91 Å². The molecular formula is C17H20N2O2. The summed E-state index contributed by atoms with van der Waals surface area (Å²) in [6.07, 6.45) is 0. The molecule has 110 valence electrons. The van der Waals surface area contributed by atoms with Gasteiger partial charge >= 0.3 is 0 Å². The summed E-state index contributed by atoms with van der Waals surface area (Å²) in [6, 6.07) is 12.5. The summed E-state index contributed by atoms with van der Waals surface area (Å²) in [7, 11) is 0. The predicted molar refractivity (Wildman–Crippen MR) is 84.1 cm³/mol. The first-order chi connectivity index (χ1) is 10.0. The molecule has 4 heteroatoms. The number of carbonyl (C=O) groups excluding carboxylic acids is 1. The molecule has 21 heavy (non-hydrogen) atoms. The van der Waals surface area contributed by atoms with Crippen molar-refractivity contribution in [2.45, 2.75) is 20.4 Å². The second-order valence-corrected chi connectivity index (χ2v) is 5.04. The van der Waals surface area contributed by atoms with E-state index in [0.717, 1.165) is 11.1 Å². The van der Waals surface area contributed by atoms with Gasteiger partial charge in [0, 0.05) is 18.8 Å². The van der Waals surface area contributed by atoms with Crippen LogP contribution in [0.15, 0.2) is 42.5 Å². The van der Waals surface area contributed by atoms with E-state index in [2.05, 4.69) is 0 Å². The highest BCUT2D eigenvalue weighted by atomic mass is 16.3. The van der Waals surface area contributed by atoms with Crippen LogP contribution >= 0.6 is 0 Å². The second kappa shape index (κ2) is 6.31. The average molecular weight is 284 g/mol. The van der Waals surface area contributed by atoms with Crippen LogP contribution in [0.4, 0.5) is 5.69 Å². The van der Waals surface area contributed by atoms with Crippen LogP contribution in [0, 0.1) is 6.92 Å². The summed E-state index contributed by atoms with van der Waals surface area (Å²) in [4.78, 5) is 14.3. The smallest absolute Gasteiger partial charge is 0.257 e. The second-order valence-electron chi connectivity index (χ2n) is 5.04. The fourth-order valence-electron chi connectivity index (χ4n) is 2.20. The van der Waals surface area contributed by atoms with Crippen LogP contribution in [0.2, 0.25) is 0 Å². The number of carbonyl (C=O) groups is 1. The van der Waals surface area contributed by atoms with Gasteiger partial charge in [0.05, 0.1) is 5.56 Å². The maximum absolute atomic E-state index is 12.6. The molecule has 0 aliphatic heterocycles. The van der Waals surface area contributed by atoms with Gasteiger partial charge in [-0.1, -0.05) is 29.8 Å². The number of aromatic hydroxyl groups is 1. The van der Waals surface area contributed by atoms with Crippen LogP contribution in [0.5, 0.6) is 5.75 Å². The van der Waals surface area contributed by atoms with Crippen molar-refractivity contribution in [3.05, 3.63) is 59.2 Å². The average Bonchev–Trinajstić information content (AvgIpc) is 2.48. The first kappa shape index (κ1) is 14.9. The Hall–Kier alpha value is -2.49. The summed E-state index contributed by atoms with van der Waals surface area (Å²) in [5.41, 5.74) is 8.76. The molecule has 0 saturated heterocycles. The molecule has 0 saturated carbocycles. The molecule has 2 aromatic rings. The topological polar surface area (TPSA) is 66.6 Å². The molecule has 1 amide bonds. The van der Waals surface area contributed by atoms with Crippen molar-refractivity contribution in [1.82, 2.24) is 4.90 Å². The lowest BCUT2D eigenvalue weighted by Crippen LogP contribution is -2.30. The molecule has 2 aromatic carbocycles. The van der Waals surface area contributed by atoms with Crippen molar-refractivity contribution < 1.29 is 9.90 Å². The third-order valence-corrected chi connectivity index (χ3v) is 3.47. The minimum Gasteiger partial charge on any atom is -0.507 e. The summed E-state index contributed by atoms with van der Waals surface area (Å²) < 4.78 is 0. The summed E-state index contributed by atoms with van der Waals surface area (Å²) in [6.45, 7) is 4.77. The van der Waals surface area contributed by atoms with Crippen molar-refractivity contribution in [1.29, 1.82) is 0 Å². The van der Waals surface area contributed by atoms with Crippen molar-refractivity contribution >= 4 is 11.6 Å². The van der Waals surface area contributed by atoms with Crippen molar-refractivity contribution in [3.63, 3.8) is 0 Å². The first-order valence-corrected chi connectivity index (χ1v) is 6.95. The zero-order chi connectivity index (χ0) is 15.4. The Morgan fingerprint density at radius 1 is 1.24 bits per heavy atom. The highest BCUT2D eigenvalue weighted by Crippen LogP contribution is 2.22. The Kier molecular flexibility index (Phi) is 4.48. The molecule has 4 nitrogen and oxygen atoms in total. The molecule has 3 N–H and O–H groups in total. The summed E-state index contributed by atoms with van der Waals surface area (Å²) >= 11 is 0. The van der Waals surface area contributed by atoms with Crippen LogP contribution in [0.3, 0.4) is 0 Å². The number of anilines is 1. The number of para-hydroxylation sites is 1. The van der Waals surface area contributed by atoms with Crippen molar-refractivity contribution in [3.8, 4) is 5.75 Å². The molecule has 2 rings (SSSR count). The Labute approximate surface area is 124 Å². The van der Waals surface area contributed by atoms with Crippen LogP contribution in [0.25, 0.3) is 0 Å². The number of benzene rings is 2. The molecule has 0 unspecified atom stereocenters. The van der Waals surface area contributed by atoms with Crippen LogP contribution in [-0.2, 0) is 6.54 Å². The van der Waals surface area contributed by atoms with E-state index in [0.29, 0.717) is 24.3 Å². The number of nitrogens with two attached hydrogens (primary N) is 1. The van der Waals surface area contributed by atoms with E-state index in [1.807, 2.05) is 38.1 Å². The van der Waals surface area contributed by atoms with E-state index in [9.17, 15) is 9.90 Å². The fourth-order valence-corrected chi connectivity index (χ4v) is 2.20. The van der Waals surface area contributed by atoms with Gasteiger partial charge in [-0.15, -0.1) is 0 Å².